The van der Waals surface area contributed by atoms with E-state index < -0.39 is 17.6 Å². The topological polar surface area (TPSA) is 55.1 Å². The average Bonchev–Trinajstić information content (AvgIpc) is 2.25. The molecule has 94 valence electrons. The van der Waals surface area contributed by atoms with E-state index in [1.807, 2.05) is 0 Å². The first-order valence-corrected chi connectivity index (χ1v) is 5.03. The zero-order chi connectivity index (χ0) is 13.2. The summed E-state index contributed by atoms with van der Waals surface area (Å²) in [6.07, 6.45) is -4.24. The predicted molar refractivity (Wildman–Crippen MR) is 58.6 cm³/mol. The number of halogens is 3. The van der Waals surface area contributed by atoms with E-state index in [1.54, 1.807) is 6.92 Å². The fourth-order valence-corrected chi connectivity index (χ4v) is 1.64. The number of carbonyl (C=O) groups excluding carboxylic acids is 1. The van der Waals surface area contributed by atoms with E-state index in [2.05, 4.69) is 5.32 Å². The van der Waals surface area contributed by atoms with Gasteiger partial charge in [0.05, 0.1) is 5.56 Å². The molecule has 0 aliphatic heterocycles. The second-order valence-corrected chi connectivity index (χ2v) is 3.48. The Hall–Kier alpha value is -1.72. The summed E-state index contributed by atoms with van der Waals surface area (Å²) in [6.45, 7) is 1.65. The minimum atomic E-state index is -4.50. The third-order valence-corrected chi connectivity index (χ3v) is 2.49. The molecule has 0 aromatic heterocycles. The molecule has 3 nitrogen and oxygen atoms in total. The highest BCUT2D eigenvalue weighted by Crippen LogP contribution is 2.36. The van der Waals surface area contributed by atoms with Crippen LogP contribution in [0.4, 0.5) is 18.9 Å². The lowest BCUT2D eigenvalue weighted by molar-refractivity contribution is -0.136. The standard InChI is InChI=1S/C11H13F3N2O/c1-3-6-7(10(17)16-2)4-5-8(9(6)15)11(12,13)14/h4-5H,3,15H2,1-2H3,(H,16,17). The van der Waals surface area contributed by atoms with Crippen LogP contribution in [-0.2, 0) is 12.6 Å². The van der Waals surface area contributed by atoms with Crippen LogP contribution in [0.25, 0.3) is 0 Å². The van der Waals surface area contributed by atoms with Crippen LogP contribution < -0.4 is 11.1 Å². The summed E-state index contributed by atoms with van der Waals surface area (Å²) < 4.78 is 37.8. The first-order chi connectivity index (χ1) is 7.82. The van der Waals surface area contributed by atoms with E-state index >= 15 is 0 Å². The Labute approximate surface area is 96.8 Å². The molecule has 0 atom stereocenters. The van der Waals surface area contributed by atoms with Crippen LogP contribution in [0.1, 0.15) is 28.4 Å². The maximum Gasteiger partial charge on any atom is 0.418 e. The van der Waals surface area contributed by atoms with Crippen molar-refractivity contribution in [2.75, 3.05) is 12.8 Å². The molecule has 0 spiro atoms. The molecule has 0 bridgehead atoms. The van der Waals surface area contributed by atoms with Gasteiger partial charge in [-0.25, -0.2) is 0 Å². The summed E-state index contributed by atoms with van der Waals surface area (Å²) in [5.74, 6) is -0.442. The van der Waals surface area contributed by atoms with Gasteiger partial charge in [-0.3, -0.25) is 4.79 Å². The van der Waals surface area contributed by atoms with Gasteiger partial charge < -0.3 is 11.1 Å². The summed E-state index contributed by atoms with van der Waals surface area (Å²) in [5.41, 5.74) is 4.60. The SMILES string of the molecule is CCc1c(C(=O)NC)ccc(C(F)(F)F)c1N. The number of nitrogens with two attached hydrogens (primary N) is 1. The van der Waals surface area contributed by atoms with Crippen LogP contribution in [0.3, 0.4) is 0 Å². The maximum absolute atomic E-state index is 12.6. The van der Waals surface area contributed by atoms with Crippen LogP contribution >= 0.6 is 0 Å². The minimum Gasteiger partial charge on any atom is -0.398 e. The van der Waals surface area contributed by atoms with Gasteiger partial charge in [-0.05, 0) is 24.1 Å². The van der Waals surface area contributed by atoms with Crippen molar-refractivity contribution in [2.24, 2.45) is 0 Å². The number of anilines is 1. The van der Waals surface area contributed by atoms with E-state index in [0.29, 0.717) is 0 Å². The molecule has 1 aromatic rings. The average molecular weight is 246 g/mol. The van der Waals surface area contributed by atoms with Crippen molar-refractivity contribution >= 4 is 11.6 Å². The van der Waals surface area contributed by atoms with Gasteiger partial charge >= 0.3 is 6.18 Å². The number of nitrogens with one attached hydrogen (secondary N) is 1. The molecule has 1 amide bonds. The van der Waals surface area contributed by atoms with E-state index in [-0.39, 0.29) is 23.2 Å². The Morgan fingerprint density at radius 3 is 2.41 bits per heavy atom. The van der Waals surface area contributed by atoms with Crippen LogP contribution in [0.2, 0.25) is 0 Å². The summed E-state index contributed by atoms with van der Waals surface area (Å²) in [5, 5.41) is 2.37. The summed E-state index contributed by atoms with van der Waals surface area (Å²) in [6, 6.07) is 1.98. The highest BCUT2D eigenvalue weighted by Gasteiger charge is 2.34. The summed E-state index contributed by atoms with van der Waals surface area (Å²) >= 11 is 0. The monoisotopic (exact) mass is 246 g/mol. The first-order valence-electron chi connectivity index (χ1n) is 5.03. The molecule has 0 saturated carbocycles. The largest absolute Gasteiger partial charge is 0.418 e. The van der Waals surface area contributed by atoms with Crippen LogP contribution in [0.5, 0.6) is 0 Å². The van der Waals surface area contributed by atoms with Crippen molar-refractivity contribution < 1.29 is 18.0 Å². The smallest absolute Gasteiger partial charge is 0.398 e. The summed E-state index contributed by atoms with van der Waals surface area (Å²) in [7, 11) is 1.41. The second kappa shape index (κ2) is 4.65. The molecular weight excluding hydrogens is 233 g/mol. The van der Waals surface area contributed by atoms with Crippen LogP contribution in [0, 0.1) is 0 Å². The van der Waals surface area contributed by atoms with Gasteiger partial charge in [-0.2, -0.15) is 13.2 Å². The lowest BCUT2D eigenvalue weighted by Gasteiger charge is -2.15. The highest BCUT2D eigenvalue weighted by molar-refractivity contribution is 5.97. The van der Waals surface area contributed by atoms with Gasteiger partial charge in [0.15, 0.2) is 0 Å². The Morgan fingerprint density at radius 1 is 1.41 bits per heavy atom. The number of hydrogen-bond acceptors (Lipinski definition) is 2. The molecule has 0 saturated heterocycles. The van der Waals surface area contributed by atoms with Crippen LogP contribution in [-0.4, -0.2) is 13.0 Å². The van der Waals surface area contributed by atoms with E-state index in [4.69, 9.17) is 5.73 Å². The quantitative estimate of drug-likeness (QED) is 0.786. The molecule has 1 aromatic carbocycles. The number of nitrogen functional groups attached to an aromatic ring is 1. The van der Waals surface area contributed by atoms with Gasteiger partial charge in [0.2, 0.25) is 0 Å². The first kappa shape index (κ1) is 13.3. The molecule has 1 rings (SSSR count). The predicted octanol–water partition coefficient (Wildman–Crippen LogP) is 2.21. The fourth-order valence-electron chi connectivity index (χ4n) is 1.64. The molecule has 0 fully saturated rings. The zero-order valence-corrected chi connectivity index (χ0v) is 9.48. The third kappa shape index (κ3) is 2.51. The van der Waals surface area contributed by atoms with Crippen molar-refractivity contribution in [3.63, 3.8) is 0 Å². The molecule has 0 heterocycles. The lowest BCUT2D eigenvalue weighted by Crippen LogP contribution is -2.21. The Kier molecular flexibility index (Phi) is 3.65. The fraction of sp³-hybridized carbons (Fsp3) is 0.364. The maximum atomic E-state index is 12.6. The molecule has 0 aliphatic carbocycles. The molecular formula is C11H13F3N2O. The Morgan fingerprint density at radius 2 is 2.00 bits per heavy atom. The second-order valence-electron chi connectivity index (χ2n) is 3.48. The summed E-state index contributed by atoms with van der Waals surface area (Å²) in [4.78, 5) is 11.5. The molecule has 3 N–H and O–H groups in total. The van der Waals surface area contributed by atoms with Crippen molar-refractivity contribution in [1.82, 2.24) is 5.32 Å². The van der Waals surface area contributed by atoms with Crippen molar-refractivity contribution in [3.8, 4) is 0 Å². The van der Waals surface area contributed by atoms with E-state index in [1.165, 1.54) is 7.05 Å². The molecule has 17 heavy (non-hydrogen) atoms. The van der Waals surface area contributed by atoms with Gasteiger partial charge in [-0.1, -0.05) is 6.92 Å². The van der Waals surface area contributed by atoms with E-state index in [0.717, 1.165) is 12.1 Å². The normalized spacial score (nSPS) is 11.4. The third-order valence-electron chi connectivity index (χ3n) is 2.49. The number of rotatable bonds is 2. The Balaban J connectivity index is 3.43. The van der Waals surface area contributed by atoms with Gasteiger partial charge in [-0.15, -0.1) is 0 Å². The van der Waals surface area contributed by atoms with E-state index in [9.17, 15) is 18.0 Å². The van der Waals surface area contributed by atoms with Crippen molar-refractivity contribution in [3.05, 3.63) is 28.8 Å². The zero-order valence-electron chi connectivity index (χ0n) is 9.48. The molecule has 0 unspecified atom stereocenters. The van der Waals surface area contributed by atoms with Crippen molar-refractivity contribution in [2.45, 2.75) is 19.5 Å². The molecule has 6 heteroatoms. The number of alkyl halides is 3. The Bertz CT molecular complexity index is 441. The number of amides is 1. The van der Waals surface area contributed by atoms with Gasteiger partial charge in [0, 0.05) is 18.3 Å². The van der Waals surface area contributed by atoms with Crippen molar-refractivity contribution in [1.29, 1.82) is 0 Å². The van der Waals surface area contributed by atoms with Gasteiger partial charge in [0.1, 0.15) is 0 Å². The highest BCUT2D eigenvalue weighted by atomic mass is 19.4. The minimum absolute atomic E-state index is 0.181. The lowest BCUT2D eigenvalue weighted by atomic mass is 9.98. The number of hydrogen-bond donors (Lipinski definition) is 2. The molecule has 0 radical (unpaired) electrons. The number of carbonyl (C=O) groups is 1. The number of benzene rings is 1. The molecule has 0 aliphatic rings. The van der Waals surface area contributed by atoms with Gasteiger partial charge in [0.25, 0.3) is 5.91 Å². The van der Waals surface area contributed by atoms with Crippen LogP contribution in [0.15, 0.2) is 12.1 Å².